The van der Waals surface area contributed by atoms with Gasteiger partial charge in [-0.15, -0.1) is 0 Å². The quantitative estimate of drug-likeness (QED) is 0.176. The third kappa shape index (κ3) is 6.26. The van der Waals surface area contributed by atoms with E-state index in [2.05, 4.69) is 60.7 Å². The average Bonchev–Trinajstić information content (AvgIpc) is 2.77. The highest BCUT2D eigenvalue weighted by Gasteiger charge is 2.24. The van der Waals surface area contributed by atoms with Gasteiger partial charge in [0.2, 0.25) is 0 Å². The van der Waals surface area contributed by atoms with Crippen LogP contribution in [0.25, 0.3) is 0 Å². The van der Waals surface area contributed by atoms with Crippen LogP contribution in [0.1, 0.15) is 34.3 Å². The molecule has 0 radical (unpaired) electrons. The maximum atomic E-state index is 12.7. The Morgan fingerprint density at radius 2 is 1.23 bits per heavy atom. The summed E-state index contributed by atoms with van der Waals surface area (Å²) in [5.74, 6) is 0.154. The molecule has 0 heterocycles. The summed E-state index contributed by atoms with van der Waals surface area (Å²) in [6, 6.07) is 30.2. The van der Waals surface area contributed by atoms with Crippen LogP contribution >= 0.6 is 0 Å². The van der Waals surface area contributed by atoms with E-state index in [0.29, 0.717) is 12.8 Å². The largest absolute Gasteiger partial charge is 0.320 e. The van der Waals surface area contributed by atoms with E-state index in [0.717, 1.165) is 23.4 Å². The molecular weight excluding hydrogens is 384 g/mol. The minimum atomic E-state index is -1.72. The number of carbonyl (C=O) groups excluding carboxylic acids is 1. The smallest absolute Gasteiger partial charge is 0.169 e. The highest BCUT2D eigenvalue weighted by molar-refractivity contribution is 6.73. The number of hydrazone groups is 1. The SMILES string of the molecule is C[Si](C)(C)N(Cc1ccccc1)N=C(CCC(=O)c1ccccc1)c1ccccc1. The van der Waals surface area contributed by atoms with Gasteiger partial charge in [0, 0.05) is 12.0 Å². The first-order chi connectivity index (χ1) is 14.4. The second kappa shape index (κ2) is 10.2. The first kappa shape index (κ1) is 21.7. The Labute approximate surface area is 181 Å². The summed E-state index contributed by atoms with van der Waals surface area (Å²) in [4.78, 5) is 12.7. The van der Waals surface area contributed by atoms with Crippen molar-refractivity contribution in [2.45, 2.75) is 39.0 Å². The number of hydrogen-bond acceptors (Lipinski definition) is 3. The molecule has 0 bridgehead atoms. The molecule has 3 aromatic carbocycles. The van der Waals surface area contributed by atoms with Gasteiger partial charge in [-0.05, 0) is 17.5 Å². The zero-order valence-electron chi connectivity index (χ0n) is 18.1. The molecule has 0 fully saturated rings. The van der Waals surface area contributed by atoms with Crippen molar-refractivity contribution in [3.63, 3.8) is 0 Å². The first-order valence-electron chi connectivity index (χ1n) is 10.5. The van der Waals surface area contributed by atoms with E-state index in [1.807, 2.05) is 54.6 Å². The van der Waals surface area contributed by atoms with Crippen LogP contribution in [-0.2, 0) is 6.54 Å². The van der Waals surface area contributed by atoms with E-state index >= 15 is 0 Å². The van der Waals surface area contributed by atoms with Gasteiger partial charge in [-0.3, -0.25) is 4.79 Å². The molecule has 0 atom stereocenters. The zero-order chi connectivity index (χ0) is 21.4. The maximum Gasteiger partial charge on any atom is 0.169 e. The summed E-state index contributed by atoms with van der Waals surface area (Å²) in [5, 5.41) is 5.14. The molecule has 154 valence electrons. The lowest BCUT2D eigenvalue weighted by Gasteiger charge is -2.32. The molecule has 3 nitrogen and oxygen atoms in total. The second-order valence-electron chi connectivity index (χ2n) is 8.42. The average molecular weight is 415 g/mol. The molecule has 0 aromatic heterocycles. The predicted octanol–water partition coefficient (Wildman–Crippen LogP) is 6.39. The van der Waals surface area contributed by atoms with Crippen LogP contribution in [0.15, 0.2) is 96.1 Å². The van der Waals surface area contributed by atoms with E-state index in [1.165, 1.54) is 5.56 Å². The number of hydrogen-bond donors (Lipinski definition) is 0. The third-order valence-corrected chi connectivity index (χ3v) is 6.79. The van der Waals surface area contributed by atoms with Crippen molar-refractivity contribution in [2.24, 2.45) is 5.10 Å². The van der Waals surface area contributed by atoms with E-state index in [-0.39, 0.29) is 5.78 Å². The minimum absolute atomic E-state index is 0.154. The highest BCUT2D eigenvalue weighted by Crippen LogP contribution is 2.18. The normalized spacial score (nSPS) is 11.9. The molecule has 30 heavy (non-hydrogen) atoms. The molecular formula is C26H30N2OSi. The van der Waals surface area contributed by atoms with Crippen LogP contribution in [0.4, 0.5) is 0 Å². The van der Waals surface area contributed by atoms with Crippen LogP contribution in [-0.4, -0.2) is 24.4 Å². The molecule has 4 heteroatoms. The molecule has 0 saturated carbocycles. The summed E-state index contributed by atoms with van der Waals surface area (Å²) in [6.45, 7) is 7.69. The topological polar surface area (TPSA) is 32.7 Å². The molecule has 0 saturated heterocycles. The summed E-state index contributed by atoms with van der Waals surface area (Å²) in [5.41, 5.74) is 4.06. The second-order valence-corrected chi connectivity index (χ2v) is 13.3. The highest BCUT2D eigenvalue weighted by atomic mass is 28.3. The van der Waals surface area contributed by atoms with Crippen molar-refractivity contribution in [2.75, 3.05) is 0 Å². The van der Waals surface area contributed by atoms with Crippen molar-refractivity contribution in [3.8, 4) is 0 Å². The van der Waals surface area contributed by atoms with Crippen molar-refractivity contribution in [3.05, 3.63) is 108 Å². The Bertz CT molecular complexity index is 964. The molecule has 0 aliphatic heterocycles. The molecule has 0 aliphatic carbocycles. The molecule has 3 aromatic rings. The van der Waals surface area contributed by atoms with Gasteiger partial charge in [-0.25, -0.2) is 0 Å². The first-order valence-corrected chi connectivity index (χ1v) is 13.9. The summed E-state index contributed by atoms with van der Waals surface area (Å²) in [6.07, 6.45) is 1.07. The molecule has 3 rings (SSSR count). The lowest BCUT2D eigenvalue weighted by Crippen LogP contribution is -2.42. The van der Waals surface area contributed by atoms with E-state index in [1.54, 1.807) is 0 Å². The van der Waals surface area contributed by atoms with Gasteiger partial charge >= 0.3 is 0 Å². The number of Topliss-reactive ketones (excluding diaryl/α,β-unsaturated/α-hetero) is 1. The fraction of sp³-hybridized carbons (Fsp3) is 0.231. The molecule has 0 amide bonds. The number of rotatable bonds is 9. The van der Waals surface area contributed by atoms with E-state index in [4.69, 9.17) is 5.10 Å². The van der Waals surface area contributed by atoms with Gasteiger partial charge in [0.15, 0.2) is 14.0 Å². The predicted molar refractivity (Wildman–Crippen MR) is 128 cm³/mol. The van der Waals surface area contributed by atoms with Gasteiger partial charge < -0.3 is 4.67 Å². The van der Waals surface area contributed by atoms with Crippen LogP contribution in [0.3, 0.4) is 0 Å². The van der Waals surface area contributed by atoms with E-state index in [9.17, 15) is 4.79 Å². The Morgan fingerprint density at radius 3 is 1.77 bits per heavy atom. The fourth-order valence-corrected chi connectivity index (χ4v) is 4.29. The minimum Gasteiger partial charge on any atom is -0.320 e. The number of nitrogens with zero attached hydrogens (tertiary/aromatic N) is 2. The number of benzene rings is 3. The summed E-state index contributed by atoms with van der Waals surface area (Å²) >= 11 is 0. The van der Waals surface area contributed by atoms with Gasteiger partial charge in [0.1, 0.15) is 0 Å². The fourth-order valence-electron chi connectivity index (χ4n) is 3.21. The molecule has 0 unspecified atom stereocenters. The Balaban J connectivity index is 1.87. The van der Waals surface area contributed by atoms with Crippen molar-refractivity contribution in [1.29, 1.82) is 0 Å². The lowest BCUT2D eigenvalue weighted by atomic mass is 10.0. The van der Waals surface area contributed by atoms with Gasteiger partial charge in [0.05, 0.1) is 12.3 Å². The monoisotopic (exact) mass is 414 g/mol. The lowest BCUT2D eigenvalue weighted by molar-refractivity contribution is 0.0985. The maximum absolute atomic E-state index is 12.7. The van der Waals surface area contributed by atoms with Crippen LogP contribution in [0.5, 0.6) is 0 Å². The summed E-state index contributed by atoms with van der Waals surface area (Å²) < 4.78 is 2.26. The molecule has 0 N–H and O–H groups in total. The number of carbonyl (C=O) groups is 1. The van der Waals surface area contributed by atoms with Gasteiger partial charge in [-0.1, -0.05) is 111 Å². The van der Waals surface area contributed by atoms with Crippen molar-refractivity contribution >= 4 is 19.7 Å². The number of ketones is 1. The van der Waals surface area contributed by atoms with E-state index < -0.39 is 8.24 Å². The molecule has 0 aliphatic rings. The molecule has 0 spiro atoms. The Morgan fingerprint density at radius 1 is 0.733 bits per heavy atom. The summed E-state index contributed by atoms with van der Waals surface area (Å²) in [7, 11) is -1.72. The van der Waals surface area contributed by atoms with Crippen LogP contribution in [0, 0.1) is 0 Å². The van der Waals surface area contributed by atoms with Crippen molar-refractivity contribution in [1.82, 2.24) is 4.67 Å². The van der Waals surface area contributed by atoms with Gasteiger partial charge in [-0.2, -0.15) is 5.10 Å². The Hall–Kier alpha value is -2.98. The van der Waals surface area contributed by atoms with Crippen LogP contribution in [0.2, 0.25) is 19.6 Å². The van der Waals surface area contributed by atoms with Crippen LogP contribution < -0.4 is 0 Å². The standard InChI is InChI=1S/C26H30N2OSi/c1-30(2,3)28(21-22-13-7-4-8-14-22)27-25(23-15-9-5-10-16-23)19-20-26(29)24-17-11-6-12-18-24/h4-18H,19-21H2,1-3H3. The Kier molecular flexibility index (Phi) is 7.36. The third-order valence-electron chi connectivity index (χ3n) is 4.98. The zero-order valence-corrected chi connectivity index (χ0v) is 19.1. The van der Waals surface area contributed by atoms with Crippen molar-refractivity contribution < 1.29 is 4.79 Å². The van der Waals surface area contributed by atoms with Gasteiger partial charge in [0.25, 0.3) is 0 Å².